The zero-order chi connectivity index (χ0) is 23.9. The molecule has 0 amide bonds. The van der Waals surface area contributed by atoms with Gasteiger partial charge in [0.05, 0.1) is 19.8 Å². The molecule has 6 nitrogen and oxygen atoms in total. The highest BCUT2D eigenvalue weighted by Gasteiger charge is 2.16. The van der Waals surface area contributed by atoms with Crippen molar-refractivity contribution in [3.8, 4) is 0 Å². The van der Waals surface area contributed by atoms with Gasteiger partial charge in [0, 0.05) is 49.2 Å². The lowest BCUT2D eigenvalue weighted by molar-refractivity contribution is 0.0367. The summed E-state index contributed by atoms with van der Waals surface area (Å²) in [5.74, 6) is 0. The maximum atomic E-state index is 12.9. The normalized spacial score (nSPS) is 14.3. The summed E-state index contributed by atoms with van der Waals surface area (Å²) < 4.78 is 5.46. The molecular formula is C27H34N4O2S. The summed E-state index contributed by atoms with van der Waals surface area (Å²) in [5.41, 5.74) is 5.04. The van der Waals surface area contributed by atoms with E-state index >= 15 is 0 Å². The van der Waals surface area contributed by atoms with Gasteiger partial charge in [0.15, 0.2) is 5.11 Å². The van der Waals surface area contributed by atoms with Crippen molar-refractivity contribution >= 4 is 28.2 Å². The second-order valence-corrected chi connectivity index (χ2v) is 9.43. The fraction of sp³-hybridized carbons (Fsp3) is 0.407. The van der Waals surface area contributed by atoms with E-state index in [1.807, 2.05) is 37.3 Å². The third-order valence-corrected chi connectivity index (χ3v) is 6.73. The molecular weight excluding hydrogens is 444 g/mol. The van der Waals surface area contributed by atoms with Gasteiger partial charge >= 0.3 is 0 Å². The highest BCUT2D eigenvalue weighted by Crippen LogP contribution is 2.19. The molecule has 1 aromatic heterocycles. The highest BCUT2D eigenvalue weighted by molar-refractivity contribution is 7.80. The summed E-state index contributed by atoms with van der Waals surface area (Å²) >= 11 is 5.79. The number of H-pyrrole nitrogens is 1. The topological polar surface area (TPSA) is 60.6 Å². The van der Waals surface area contributed by atoms with Crippen LogP contribution in [0.3, 0.4) is 0 Å². The van der Waals surface area contributed by atoms with Gasteiger partial charge in [0.1, 0.15) is 0 Å². The van der Waals surface area contributed by atoms with Crippen LogP contribution in [0.4, 0.5) is 0 Å². The summed E-state index contributed by atoms with van der Waals surface area (Å²) in [6.07, 6.45) is 0.969. The summed E-state index contributed by atoms with van der Waals surface area (Å²) in [4.78, 5) is 20.6. The van der Waals surface area contributed by atoms with Crippen LogP contribution >= 0.6 is 12.2 Å². The minimum Gasteiger partial charge on any atom is -0.379 e. The molecule has 34 heavy (non-hydrogen) atoms. The van der Waals surface area contributed by atoms with E-state index in [9.17, 15) is 4.79 Å². The quantitative estimate of drug-likeness (QED) is 0.481. The van der Waals surface area contributed by atoms with Crippen LogP contribution < -0.4 is 10.9 Å². The van der Waals surface area contributed by atoms with Crippen LogP contribution in [-0.4, -0.2) is 59.3 Å². The summed E-state index contributed by atoms with van der Waals surface area (Å²) in [6, 6.07) is 16.4. The molecule has 1 saturated heterocycles. The zero-order valence-electron chi connectivity index (χ0n) is 20.1. The molecule has 0 bridgehead atoms. The van der Waals surface area contributed by atoms with Crippen LogP contribution in [0.25, 0.3) is 10.9 Å². The van der Waals surface area contributed by atoms with Gasteiger partial charge in [-0.15, -0.1) is 0 Å². The second kappa shape index (κ2) is 11.6. The number of hydrogen-bond donors (Lipinski definition) is 2. The van der Waals surface area contributed by atoms with E-state index in [4.69, 9.17) is 17.0 Å². The number of fused-ring (bicyclic) bond motifs is 1. The molecule has 0 spiro atoms. The van der Waals surface area contributed by atoms with Crippen molar-refractivity contribution in [2.45, 2.75) is 33.4 Å². The van der Waals surface area contributed by atoms with Gasteiger partial charge < -0.3 is 19.9 Å². The number of ether oxygens (including phenoxy) is 1. The van der Waals surface area contributed by atoms with Gasteiger partial charge in [0.25, 0.3) is 5.56 Å². The highest BCUT2D eigenvalue weighted by atomic mass is 32.1. The van der Waals surface area contributed by atoms with Crippen LogP contribution in [0.5, 0.6) is 0 Å². The third-order valence-electron chi connectivity index (χ3n) is 6.33. The lowest BCUT2D eigenvalue weighted by atomic mass is 10.0. The predicted molar refractivity (Wildman–Crippen MR) is 142 cm³/mol. The summed E-state index contributed by atoms with van der Waals surface area (Å²) in [7, 11) is 0. The van der Waals surface area contributed by atoms with Gasteiger partial charge in [-0.05, 0) is 61.3 Å². The standard InChI is InChI=1S/C27H34N4O2S/c1-20-15-21(2)24-17-23(26(32)29-25(24)16-20)19-31(10-6-9-30-11-13-33-14-12-30)27(34)28-18-22-7-4-3-5-8-22/h3-5,7-8,15-17H,6,9-14,18-19H2,1-2H3,(H,28,34)(H,29,32). The average molecular weight is 479 g/mol. The van der Waals surface area contributed by atoms with E-state index in [1.165, 1.54) is 5.56 Å². The number of aromatic nitrogens is 1. The Bertz CT molecular complexity index is 1170. The largest absolute Gasteiger partial charge is 0.379 e. The van der Waals surface area contributed by atoms with Crippen molar-refractivity contribution in [3.63, 3.8) is 0 Å². The van der Waals surface area contributed by atoms with Gasteiger partial charge in [-0.25, -0.2) is 0 Å². The Balaban J connectivity index is 1.49. The van der Waals surface area contributed by atoms with Crippen LogP contribution in [0.15, 0.2) is 53.3 Å². The molecule has 1 aliphatic rings. The molecule has 4 rings (SSSR count). The van der Waals surface area contributed by atoms with Crippen molar-refractivity contribution in [2.75, 3.05) is 39.4 Å². The number of pyridine rings is 1. The van der Waals surface area contributed by atoms with Crippen molar-refractivity contribution in [2.24, 2.45) is 0 Å². The number of thiocarbonyl (C=S) groups is 1. The van der Waals surface area contributed by atoms with Crippen LogP contribution in [-0.2, 0) is 17.8 Å². The van der Waals surface area contributed by atoms with E-state index in [0.717, 1.165) is 73.4 Å². The number of aromatic amines is 1. The number of nitrogens with zero attached hydrogens (tertiary/aromatic N) is 2. The SMILES string of the molecule is Cc1cc(C)c2cc(CN(CCCN3CCOCC3)C(=S)NCc3ccccc3)c(=O)[nH]c2c1. The van der Waals surface area contributed by atoms with Crippen molar-refractivity contribution in [1.82, 2.24) is 20.1 Å². The van der Waals surface area contributed by atoms with E-state index in [1.54, 1.807) is 0 Å². The van der Waals surface area contributed by atoms with Gasteiger partial charge in [0.2, 0.25) is 0 Å². The Kier molecular flexibility index (Phi) is 8.32. The third kappa shape index (κ3) is 6.44. The van der Waals surface area contributed by atoms with Gasteiger partial charge in [-0.2, -0.15) is 0 Å². The molecule has 3 aromatic rings. The van der Waals surface area contributed by atoms with Crippen LogP contribution in [0.1, 0.15) is 28.7 Å². The first-order valence-corrected chi connectivity index (χ1v) is 12.4. The van der Waals surface area contributed by atoms with Gasteiger partial charge in [-0.1, -0.05) is 36.4 Å². The molecule has 0 atom stereocenters. The Morgan fingerprint density at radius 2 is 1.91 bits per heavy atom. The molecule has 7 heteroatoms. The monoisotopic (exact) mass is 478 g/mol. The maximum Gasteiger partial charge on any atom is 0.253 e. The van der Waals surface area contributed by atoms with E-state index in [0.29, 0.717) is 18.2 Å². The van der Waals surface area contributed by atoms with Crippen molar-refractivity contribution < 1.29 is 4.74 Å². The van der Waals surface area contributed by atoms with Crippen LogP contribution in [0, 0.1) is 13.8 Å². The molecule has 1 aliphatic heterocycles. The minimum absolute atomic E-state index is 0.0541. The predicted octanol–water partition coefficient (Wildman–Crippen LogP) is 3.74. The first-order chi connectivity index (χ1) is 16.5. The minimum atomic E-state index is -0.0541. The fourth-order valence-electron chi connectivity index (χ4n) is 4.49. The Morgan fingerprint density at radius 1 is 1.15 bits per heavy atom. The fourth-order valence-corrected chi connectivity index (χ4v) is 4.71. The molecule has 180 valence electrons. The Labute approximate surface area is 206 Å². The zero-order valence-corrected chi connectivity index (χ0v) is 20.9. The molecule has 0 aliphatic carbocycles. The van der Waals surface area contributed by atoms with E-state index < -0.39 is 0 Å². The summed E-state index contributed by atoms with van der Waals surface area (Å²) in [5, 5.41) is 5.15. The molecule has 0 saturated carbocycles. The van der Waals surface area contributed by atoms with Crippen molar-refractivity contribution in [3.05, 3.63) is 81.1 Å². The average Bonchev–Trinajstić information content (AvgIpc) is 2.84. The number of hydrogen-bond acceptors (Lipinski definition) is 4. The first-order valence-electron chi connectivity index (χ1n) is 12.0. The van der Waals surface area contributed by atoms with Crippen molar-refractivity contribution in [1.29, 1.82) is 0 Å². The molecule has 2 N–H and O–H groups in total. The number of rotatable bonds is 8. The number of benzene rings is 2. The number of nitrogens with one attached hydrogen (secondary N) is 2. The number of morpholine rings is 1. The van der Waals surface area contributed by atoms with E-state index in [2.05, 4.69) is 45.2 Å². The van der Waals surface area contributed by atoms with E-state index in [-0.39, 0.29) is 5.56 Å². The Morgan fingerprint density at radius 3 is 2.68 bits per heavy atom. The first kappa shape index (κ1) is 24.4. The molecule has 0 radical (unpaired) electrons. The lowest BCUT2D eigenvalue weighted by Gasteiger charge is -2.29. The summed E-state index contributed by atoms with van der Waals surface area (Å²) in [6.45, 7) is 10.6. The molecule has 2 aromatic carbocycles. The molecule has 0 unspecified atom stereocenters. The van der Waals surface area contributed by atoms with Gasteiger partial charge in [-0.3, -0.25) is 9.69 Å². The Hall–Kier alpha value is -2.74. The molecule has 1 fully saturated rings. The maximum absolute atomic E-state index is 12.9. The second-order valence-electron chi connectivity index (χ2n) is 9.04. The number of aryl methyl sites for hydroxylation is 2. The molecule has 2 heterocycles. The van der Waals surface area contributed by atoms with Crippen LogP contribution in [0.2, 0.25) is 0 Å². The smallest absolute Gasteiger partial charge is 0.253 e. The lowest BCUT2D eigenvalue weighted by Crippen LogP contribution is -2.42.